The number of hydrogen-bond acceptors (Lipinski definition) is 3. The van der Waals surface area contributed by atoms with Crippen LogP contribution >= 0.6 is 15.9 Å². The first kappa shape index (κ1) is 15.5. The number of methoxy groups -OCH3 is 2. The first-order valence-electron chi connectivity index (χ1n) is 6.01. The van der Waals surface area contributed by atoms with Gasteiger partial charge >= 0.3 is 0 Å². The molecule has 1 atom stereocenters. The Morgan fingerprint density at radius 3 is 2.56 bits per heavy atom. The Balaban J connectivity index is 2.72. The fourth-order valence-corrected chi connectivity index (χ4v) is 2.31. The molecule has 0 amide bonds. The summed E-state index contributed by atoms with van der Waals surface area (Å²) in [5, 5.41) is 0. The van der Waals surface area contributed by atoms with Gasteiger partial charge in [-0.05, 0) is 50.5 Å². The highest BCUT2D eigenvalue weighted by Crippen LogP contribution is 2.25. The van der Waals surface area contributed by atoms with Crippen LogP contribution in [0.25, 0.3) is 0 Å². The van der Waals surface area contributed by atoms with Gasteiger partial charge in [0.1, 0.15) is 5.75 Å². The summed E-state index contributed by atoms with van der Waals surface area (Å²) in [5.74, 6) is 0.853. The van der Waals surface area contributed by atoms with Crippen LogP contribution < -0.4 is 10.5 Å². The van der Waals surface area contributed by atoms with Crippen LogP contribution in [-0.2, 0) is 11.2 Å². The van der Waals surface area contributed by atoms with E-state index in [1.165, 1.54) is 0 Å². The Morgan fingerprint density at radius 2 is 2.00 bits per heavy atom. The first-order chi connectivity index (χ1) is 8.38. The van der Waals surface area contributed by atoms with Crippen molar-refractivity contribution < 1.29 is 9.47 Å². The van der Waals surface area contributed by atoms with Gasteiger partial charge in [-0.2, -0.15) is 0 Å². The zero-order chi connectivity index (χ0) is 13.8. The molecule has 0 heterocycles. The van der Waals surface area contributed by atoms with Crippen molar-refractivity contribution >= 4 is 15.9 Å². The minimum atomic E-state index is -0.190. The highest BCUT2D eigenvalue weighted by Gasteiger charge is 2.21. The summed E-state index contributed by atoms with van der Waals surface area (Å²) in [4.78, 5) is 0. The van der Waals surface area contributed by atoms with Crippen molar-refractivity contribution in [1.82, 2.24) is 0 Å². The zero-order valence-corrected chi connectivity index (χ0v) is 13.1. The van der Waals surface area contributed by atoms with Crippen LogP contribution in [0, 0.1) is 0 Å². The van der Waals surface area contributed by atoms with E-state index < -0.39 is 0 Å². The Labute approximate surface area is 118 Å². The lowest BCUT2D eigenvalue weighted by Crippen LogP contribution is -2.35. The van der Waals surface area contributed by atoms with E-state index in [4.69, 9.17) is 15.2 Å². The highest BCUT2D eigenvalue weighted by atomic mass is 79.9. The first-order valence-corrected chi connectivity index (χ1v) is 6.80. The Kier molecular flexibility index (Phi) is 5.63. The van der Waals surface area contributed by atoms with Crippen molar-refractivity contribution in [3.63, 3.8) is 0 Å². The topological polar surface area (TPSA) is 44.5 Å². The Hall–Kier alpha value is -0.580. The summed E-state index contributed by atoms with van der Waals surface area (Å²) in [6, 6.07) is 5.99. The van der Waals surface area contributed by atoms with Crippen LogP contribution in [0.5, 0.6) is 5.75 Å². The van der Waals surface area contributed by atoms with Crippen molar-refractivity contribution in [3.05, 3.63) is 28.2 Å². The molecular formula is C14H22BrNO2. The fourth-order valence-electron chi connectivity index (χ4n) is 1.90. The molecule has 2 N–H and O–H groups in total. The second-order valence-corrected chi connectivity index (χ2v) is 5.94. The average molecular weight is 316 g/mol. The third kappa shape index (κ3) is 4.59. The van der Waals surface area contributed by atoms with Crippen LogP contribution in [0.15, 0.2) is 22.7 Å². The van der Waals surface area contributed by atoms with Crippen LogP contribution in [0.4, 0.5) is 0 Å². The molecule has 4 heteroatoms. The summed E-state index contributed by atoms with van der Waals surface area (Å²) in [6.07, 6.45) is 1.61. The number of hydrogen-bond donors (Lipinski definition) is 1. The maximum absolute atomic E-state index is 6.19. The quantitative estimate of drug-likeness (QED) is 0.877. The molecule has 0 aliphatic heterocycles. The van der Waals surface area contributed by atoms with Crippen LogP contribution in [-0.4, -0.2) is 25.9 Å². The van der Waals surface area contributed by atoms with Gasteiger partial charge in [0.2, 0.25) is 0 Å². The summed E-state index contributed by atoms with van der Waals surface area (Å²) in [5.41, 5.74) is 7.16. The van der Waals surface area contributed by atoms with Crippen LogP contribution in [0.3, 0.4) is 0 Å². The summed E-state index contributed by atoms with van der Waals surface area (Å²) >= 11 is 3.54. The number of halogens is 1. The maximum atomic E-state index is 6.19. The molecule has 0 saturated heterocycles. The third-order valence-corrected chi connectivity index (χ3v) is 3.81. The third-order valence-electron chi connectivity index (χ3n) is 3.04. The van der Waals surface area contributed by atoms with Gasteiger partial charge in [-0.1, -0.05) is 15.9 Å². The molecule has 102 valence electrons. The largest absolute Gasteiger partial charge is 0.497 e. The van der Waals surface area contributed by atoms with Gasteiger partial charge in [-0.3, -0.25) is 0 Å². The molecule has 0 saturated carbocycles. The van der Waals surface area contributed by atoms with Crippen molar-refractivity contribution in [2.75, 3.05) is 14.2 Å². The van der Waals surface area contributed by atoms with Gasteiger partial charge in [-0.15, -0.1) is 0 Å². The van der Waals surface area contributed by atoms with E-state index in [9.17, 15) is 0 Å². The van der Waals surface area contributed by atoms with Crippen molar-refractivity contribution in [3.8, 4) is 5.75 Å². The lowest BCUT2D eigenvalue weighted by atomic mass is 9.94. The van der Waals surface area contributed by atoms with Gasteiger partial charge in [0, 0.05) is 17.6 Å². The lowest BCUT2D eigenvalue weighted by molar-refractivity contribution is 0.0102. The van der Waals surface area contributed by atoms with E-state index in [0.29, 0.717) is 0 Å². The second-order valence-electron chi connectivity index (χ2n) is 5.09. The molecule has 1 aromatic carbocycles. The summed E-state index contributed by atoms with van der Waals surface area (Å²) in [7, 11) is 3.38. The smallest absolute Gasteiger partial charge is 0.119 e. The highest BCUT2D eigenvalue weighted by molar-refractivity contribution is 9.10. The molecule has 3 nitrogen and oxygen atoms in total. The average Bonchev–Trinajstić information content (AvgIpc) is 2.31. The molecule has 18 heavy (non-hydrogen) atoms. The van der Waals surface area contributed by atoms with Gasteiger partial charge < -0.3 is 15.2 Å². The number of ether oxygens (including phenoxy) is 2. The van der Waals surface area contributed by atoms with Crippen LogP contribution in [0.1, 0.15) is 25.8 Å². The molecule has 0 aromatic heterocycles. The Morgan fingerprint density at radius 1 is 1.33 bits per heavy atom. The van der Waals surface area contributed by atoms with Crippen molar-refractivity contribution in [2.24, 2.45) is 5.73 Å². The minimum absolute atomic E-state index is 0.0587. The molecule has 1 rings (SSSR count). The summed E-state index contributed by atoms with van der Waals surface area (Å²) < 4.78 is 11.7. The van der Waals surface area contributed by atoms with Gasteiger partial charge in [0.05, 0.1) is 12.7 Å². The van der Waals surface area contributed by atoms with E-state index in [2.05, 4.69) is 15.9 Å². The lowest BCUT2D eigenvalue weighted by Gasteiger charge is -2.26. The number of rotatable bonds is 6. The molecular weight excluding hydrogens is 294 g/mol. The predicted molar refractivity (Wildman–Crippen MR) is 78.1 cm³/mol. The molecule has 0 bridgehead atoms. The van der Waals surface area contributed by atoms with Gasteiger partial charge in [-0.25, -0.2) is 0 Å². The molecule has 0 radical (unpaired) electrons. The molecule has 1 aromatic rings. The van der Waals surface area contributed by atoms with E-state index in [0.717, 1.165) is 28.6 Å². The van der Waals surface area contributed by atoms with E-state index in [1.807, 2.05) is 32.0 Å². The normalized spacial score (nSPS) is 13.4. The molecule has 0 aliphatic rings. The monoisotopic (exact) mass is 315 g/mol. The summed E-state index contributed by atoms with van der Waals surface area (Å²) in [6.45, 7) is 4.10. The standard InChI is InChI=1S/C14H22BrNO2/c1-14(2,18-4)9-11(16)7-10-8-12(17-3)5-6-13(10)15/h5-6,8,11H,7,9,16H2,1-4H3. The SMILES string of the molecule is COc1ccc(Br)c(CC(N)CC(C)(C)OC)c1. The molecule has 0 spiro atoms. The van der Waals surface area contributed by atoms with E-state index >= 15 is 0 Å². The molecule has 0 fully saturated rings. The minimum Gasteiger partial charge on any atom is -0.497 e. The zero-order valence-electron chi connectivity index (χ0n) is 11.5. The number of nitrogens with two attached hydrogens (primary N) is 1. The van der Waals surface area contributed by atoms with Gasteiger partial charge in [0.15, 0.2) is 0 Å². The molecule has 0 aliphatic carbocycles. The van der Waals surface area contributed by atoms with Crippen molar-refractivity contribution in [1.29, 1.82) is 0 Å². The maximum Gasteiger partial charge on any atom is 0.119 e. The van der Waals surface area contributed by atoms with Gasteiger partial charge in [0.25, 0.3) is 0 Å². The van der Waals surface area contributed by atoms with E-state index in [1.54, 1.807) is 14.2 Å². The second kappa shape index (κ2) is 6.55. The van der Waals surface area contributed by atoms with Crippen molar-refractivity contribution in [2.45, 2.75) is 38.3 Å². The molecule has 1 unspecified atom stereocenters. The fraction of sp³-hybridized carbons (Fsp3) is 0.571. The number of benzene rings is 1. The van der Waals surface area contributed by atoms with E-state index in [-0.39, 0.29) is 11.6 Å². The Bertz CT molecular complexity index is 393. The predicted octanol–water partition coefficient (Wildman–Crippen LogP) is 3.14. The van der Waals surface area contributed by atoms with Crippen LogP contribution in [0.2, 0.25) is 0 Å².